The van der Waals surface area contributed by atoms with Crippen LogP contribution in [0.5, 0.6) is 0 Å². The van der Waals surface area contributed by atoms with Gasteiger partial charge in [0.25, 0.3) is 0 Å². The van der Waals surface area contributed by atoms with Gasteiger partial charge in [-0.25, -0.2) is 0 Å². The molecule has 1 aromatic rings. The third-order valence-corrected chi connectivity index (χ3v) is 4.83. The molecule has 0 aliphatic carbocycles. The van der Waals surface area contributed by atoms with E-state index in [1.807, 2.05) is 29.2 Å². The SMILES string of the molecule is O=C1C(N2CCN(CCO)CC2)CCN1c1ccc(Cl)cc1. The van der Waals surface area contributed by atoms with Crippen LogP contribution in [0.4, 0.5) is 5.69 Å². The van der Waals surface area contributed by atoms with Gasteiger partial charge in [-0.15, -0.1) is 0 Å². The maximum atomic E-state index is 12.7. The van der Waals surface area contributed by atoms with Crippen LogP contribution in [0, 0.1) is 0 Å². The molecule has 1 N–H and O–H groups in total. The molecule has 22 heavy (non-hydrogen) atoms. The van der Waals surface area contributed by atoms with E-state index in [1.54, 1.807) is 0 Å². The van der Waals surface area contributed by atoms with Crippen LogP contribution >= 0.6 is 11.6 Å². The summed E-state index contributed by atoms with van der Waals surface area (Å²) in [7, 11) is 0. The second-order valence-corrected chi connectivity index (χ2v) is 6.31. The Bertz CT molecular complexity index is 515. The molecule has 0 radical (unpaired) electrons. The molecular weight excluding hydrogens is 302 g/mol. The van der Waals surface area contributed by atoms with Gasteiger partial charge >= 0.3 is 0 Å². The van der Waals surface area contributed by atoms with Crippen molar-refractivity contribution in [3.63, 3.8) is 0 Å². The predicted octanol–water partition coefficient (Wildman–Crippen LogP) is 1.06. The third-order valence-electron chi connectivity index (χ3n) is 4.58. The quantitative estimate of drug-likeness (QED) is 0.900. The standard InChI is InChI=1S/C16H22ClN3O2/c17-13-1-3-14(4-2-13)20-6-5-15(16(20)22)19-9-7-18(8-10-19)11-12-21/h1-4,15,21H,5-12H2. The minimum absolute atomic E-state index is 0.00745. The Kier molecular flexibility index (Phi) is 4.98. The fourth-order valence-corrected chi connectivity index (χ4v) is 3.45. The van der Waals surface area contributed by atoms with E-state index in [2.05, 4.69) is 9.80 Å². The maximum Gasteiger partial charge on any atom is 0.244 e. The number of carbonyl (C=O) groups excluding carboxylic acids is 1. The second-order valence-electron chi connectivity index (χ2n) is 5.87. The molecule has 2 aliphatic rings. The summed E-state index contributed by atoms with van der Waals surface area (Å²) in [5, 5.41) is 9.68. The van der Waals surface area contributed by atoms with Crippen molar-refractivity contribution in [3.8, 4) is 0 Å². The van der Waals surface area contributed by atoms with Gasteiger partial charge in [0.05, 0.1) is 12.6 Å². The van der Waals surface area contributed by atoms with Crippen LogP contribution in [-0.2, 0) is 4.79 Å². The van der Waals surface area contributed by atoms with Crippen LogP contribution in [-0.4, -0.2) is 72.7 Å². The van der Waals surface area contributed by atoms with Crippen molar-refractivity contribution in [2.24, 2.45) is 0 Å². The lowest BCUT2D eigenvalue weighted by Gasteiger charge is -2.37. The summed E-state index contributed by atoms with van der Waals surface area (Å²) in [6.45, 7) is 5.32. The number of hydrogen-bond donors (Lipinski definition) is 1. The van der Waals surface area contributed by atoms with Crippen LogP contribution in [0.15, 0.2) is 24.3 Å². The van der Waals surface area contributed by atoms with Gasteiger partial charge in [0.1, 0.15) is 0 Å². The van der Waals surface area contributed by atoms with Gasteiger partial charge in [0.2, 0.25) is 5.91 Å². The highest BCUT2D eigenvalue weighted by atomic mass is 35.5. The number of aliphatic hydroxyl groups is 1. The van der Waals surface area contributed by atoms with E-state index in [-0.39, 0.29) is 18.6 Å². The number of aliphatic hydroxyl groups excluding tert-OH is 1. The van der Waals surface area contributed by atoms with E-state index in [0.29, 0.717) is 5.02 Å². The fourth-order valence-electron chi connectivity index (χ4n) is 3.32. The Hall–Kier alpha value is -1.14. The molecule has 6 heteroatoms. The van der Waals surface area contributed by atoms with Gasteiger partial charge in [0, 0.05) is 50.0 Å². The topological polar surface area (TPSA) is 47.0 Å². The summed E-state index contributed by atoms with van der Waals surface area (Å²) in [4.78, 5) is 19.1. The Morgan fingerprint density at radius 2 is 1.77 bits per heavy atom. The summed E-state index contributed by atoms with van der Waals surface area (Å²) >= 11 is 5.91. The molecule has 2 fully saturated rings. The number of β-amino-alcohol motifs (C(OH)–C–C–N with tert-alkyl or cyclic N) is 1. The number of carbonyl (C=O) groups is 1. The fraction of sp³-hybridized carbons (Fsp3) is 0.562. The van der Waals surface area contributed by atoms with Gasteiger partial charge in [-0.2, -0.15) is 0 Å². The molecule has 3 rings (SSSR count). The molecule has 1 unspecified atom stereocenters. The van der Waals surface area contributed by atoms with Gasteiger partial charge in [-0.05, 0) is 30.7 Å². The first kappa shape index (κ1) is 15.7. The van der Waals surface area contributed by atoms with Crippen molar-refractivity contribution >= 4 is 23.2 Å². The first-order valence-electron chi connectivity index (χ1n) is 7.83. The average Bonchev–Trinajstić information content (AvgIpc) is 2.91. The zero-order valence-electron chi connectivity index (χ0n) is 12.6. The van der Waals surface area contributed by atoms with E-state index in [1.165, 1.54) is 0 Å². The van der Waals surface area contributed by atoms with Crippen molar-refractivity contribution in [2.75, 3.05) is 50.8 Å². The molecule has 0 spiro atoms. The van der Waals surface area contributed by atoms with Crippen molar-refractivity contribution in [1.82, 2.24) is 9.80 Å². The monoisotopic (exact) mass is 323 g/mol. The molecule has 2 saturated heterocycles. The lowest BCUT2D eigenvalue weighted by molar-refractivity contribution is -0.122. The smallest absolute Gasteiger partial charge is 0.244 e. The van der Waals surface area contributed by atoms with Gasteiger partial charge < -0.3 is 10.0 Å². The zero-order chi connectivity index (χ0) is 15.5. The van der Waals surface area contributed by atoms with Crippen LogP contribution in [0.2, 0.25) is 5.02 Å². The van der Waals surface area contributed by atoms with Crippen molar-refractivity contribution in [3.05, 3.63) is 29.3 Å². The average molecular weight is 324 g/mol. The van der Waals surface area contributed by atoms with Crippen molar-refractivity contribution in [2.45, 2.75) is 12.5 Å². The molecule has 2 aliphatic heterocycles. The Labute approximate surface area is 136 Å². The molecule has 0 aromatic heterocycles. The number of benzene rings is 1. The van der Waals surface area contributed by atoms with E-state index >= 15 is 0 Å². The number of hydrogen-bond acceptors (Lipinski definition) is 4. The number of amides is 1. The molecule has 5 nitrogen and oxygen atoms in total. The van der Waals surface area contributed by atoms with E-state index in [0.717, 1.165) is 51.4 Å². The van der Waals surface area contributed by atoms with Crippen LogP contribution < -0.4 is 4.90 Å². The third kappa shape index (κ3) is 3.27. The number of rotatable bonds is 4. The summed E-state index contributed by atoms with van der Waals surface area (Å²) < 4.78 is 0. The summed E-state index contributed by atoms with van der Waals surface area (Å²) in [6, 6.07) is 7.45. The zero-order valence-corrected chi connectivity index (χ0v) is 13.4. The maximum absolute atomic E-state index is 12.7. The van der Waals surface area contributed by atoms with E-state index in [9.17, 15) is 4.79 Å². The van der Waals surface area contributed by atoms with Crippen molar-refractivity contribution < 1.29 is 9.90 Å². The highest BCUT2D eigenvalue weighted by molar-refractivity contribution is 6.30. The van der Waals surface area contributed by atoms with Crippen LogP contribution in [0.25, 0.3) is 0 Å². The molecule has 1 aromatic carbocycles. The first-order valence-corrected chi connectivity index (χ1v) is 8.21. The van der Waals surface area contributed by atoms with Gasteiger partial charge in [-0.1, -0.05) is 11.6 Å². The molecule has 120 valence electrons. The van der Waals surface area contributed by atoms with Crippen LogP contribution in [0.3, 0.4) is 0 Å². The Balaban J connectivity index is 1.61. The summed E-state index contributed by atoms with van der Waals surface area (Å²) in [5.41, 5.74) is 0.927. The lowest BCUT2D eigenvalue weighted by atomic mass is 10.2. The molecular formula is C16H22ClN3O2. The minimum Gasteiger partial charge on any atom is -0.395 e. The summed E-state index contributed by atoms with van der Waals surface area (Å²) in [5.74, 6) is 0.193. The van der Waals surface area contributed by atoms with E-state index in [4.69, 9.17) is 16.7 Å². The normalized spacial score (nSPS) is 24.2. The van der Waals surface area contributed by atoms with Crippen LogP contribution in [0.1, 0.15) is 6.42 Å². The van der Waals surface area contributed by atoms with Gasteiger partial charge in [-0.3, -0.25) is 14.6 Å². The van der Waals surface area contributed by atoms with E-state index < -0.39 is 0 Å². The largest absolute Gasteiger partial charge is 0.395 e. The number of nitrogens with zero attached hydrogens (tertiary/aromatic N) is 3. The number of halogens is 1. The first-order chi connectivity index (χ1) is 10.7. The highest BCUT2D eigenvalue weighted by Crippen LogP contribution is 2.26. The predicted molar refractivity (Wildman–Crippen MR) is 87.3 cm³/mol. The number of anilines is 1. The summed E-state index contributed by atoms with van der Waals surface area (Å²) in [6.07, 6.45) is 0.876. The molecule has 0 bridgehead atoms. The second kappa shape index (κ2) is 6.96. The Morgan fingerprint density at radius 1 is 1.09 bits per heavy atom. The van der Waals surface area contributed by atoms with Crippen molar-refractivity contribution in [1.29, 1.82) is 0 Å². The molecule has 2 heterocycles. The number of piperazine rings is 1. The lowest BCUT2D eigenvalue weighted by Crippen LogP contribution is -2.52. The molecule has 0 saturated carbocycles. The highest BCUT2D eigenvalue weighted by Gasteiger charge is 2.37. The molecule has 1 atom stereocenters. The minimum atomic E-state index is -0.00745. The molecule has 1 amide bonds. The Morgan fingerprint density at radius 3 is 2.41 bits per heavy atom. The van der Waals surface area contributed by atoms with Gasteiger partial charge in [0.15, 0.2) is 0 Å².